The highest BCUT2D eigenvalue weighted by atomic mass is 32.2. The van der Waals surface area contributed by atoms with Crippen LogP contribution in [0.3, 0.4) is 0 Å². The van der Waals surface area contributed by atoms with Gasteiger partial charge in [-0.3, -0.25) is 0 Å². The average Bonchev–Trinajstić information content (AvgIpc) is 2.43. The normalized spacial score (nSPS) is 10.2. The minimum absolute atomic E-state index is 0.402. The van der Waals surface area contributed by atoms with Crippen LogP contribution in [0.4, 0.5) is 5.69 Å². The fourth-order valence-electron chi connectivity index (χ4n) is 1.65. The maximum atomic E-state index is 11.6. The maximum absolute atomic E-state index is 11.6. The van der Waals surface area contributed by atoms with E-state index >= 15 is 0 Å². The summed E-state index contributed by atoms with van der Waals surface area (Å²) in [5.74, 6) is -0.413. The first-order valence-corrected chi connectivity index (χ1v) is 6.65. The zero-order valence-electron chi connectivity index (χ0n) is 10.8. The second kappa shape index (κ2) is 5.80. The van der Waals surface area contributed by atoms with E-state index in [1.807, 2.05) is 37.3 Å². The Balaban J connectivity index is 2.30. The zero-order chi connectivity index (χ0) is 13.8. The molecule has 0 bridgehead atoms. The van der Waals surface area contributed by atoms with Crippen LogP contribution in [-0.4, -0.2) is 13.1 Å². The smallest absolute Gasteiger partial charge is 0.339 e. The van der Waals surface area contributed by atoms with Crippen LogP contribution in [0.15, 0.2) is 52.3 Å². The lowest BCUT2D eigenvalue weighted by molar-refractivity contribution is 0.0601. The van der Waals surface area contributed by atoms with Gasteiger partial charge in [0.1, 0.15) is 0 Å². The predicted octanol–water partition coefficient (Wildman–Crippen LogP) is 3.52. The van der Waals surface area contributed by atoms with Crippen molar-refractivity contribution in [2.24, 2.45) is 0 Å². The second-order valence-electron chi connectivity index (χ2n) is 4.12. The standard InChI is InChI=1S/C15H15NO2S/c1-10-6-8-11(9-7-10)19-13-5-3-4-12(14(13)16)15(17)18-2/h3-9H,16H2,1-2H3. The van der Waals surface area contributed by atoms with E-state index < -0.39 is 5.97 Å². The molecule has 98 valence electrons. The molecular weight excluding hydrogens is 258 g/mol. The van der Waals surface area contributed by atoms with Gasteiger partial charge in [0.15, 0.2) is 0 Å². The second-order valence-corrected chi connectivity index (χ2v) is 5.24. The summed E-state index contributed by atoms with van der Waals surface area (Å²) in [5.41, 5.74) is 8.09. The third kappa shape index (κ3) is 3.09. The number of carbonyl (C=O) groups excluding carboxylic acids is 1. The van der Waals surface area contributed by atoms with Crippen molar-refractivity contribution >= 4 is 23.4 Å². The van der Waals surface area contributed by atoms with Crippen LogP contribution in [0, 0.1) is 6.92 Å². The van der Waals surface area contributed by atoms with Gasteiger partial charge in [0.2, 0.25) is 0 Å². The molecule has 0 fully saturated rings. The summed E-state index contributed by atoms with van der Waals surface area (Å²) >= 11 is 1.53. The topological polar surface area (TPSA) is 52.3 Å². The molecule has 0 saturated carbocycles. The summed E-state index contributed by atoms with van der Waals surface area (Å²) < 4.78 is 4.71. The molecule has 19 heavy (non-hydrogen) atoms. The Morgan fingerprint density at radius 2 is 1.84 bits per heavy atom. The van der Waals surface area contributed by atoms with E-state index in [2.05, 4.69) is 0 Å². The molecule has 2 aromatic carbocycles. The number of benzene rings is 2. The molecule has 0 amide bonds. The molecule has 0 unspecified atom stereocenters. The van der Waals surface area contributed by atoms with Crippen molar-refractivity contribution in [2.75, 3.05) is 12.8 Å². The van der Waals surface area contributed by atoms with Gasteiger partial charge in [0.25, 0.3) is 0 Å². The summed E-state index contributed by atoms with van der Waals surface area (Å²) in [7, 11) is 1.35. The Bertz CT molecular complexity index is 594. The van der Waals surface area contributed by atoms with Gasteiger partial charge in [-0.05, 0) is 31.2 Å². The minimum Gasteiger partial charge on any atom is -0.465 e. The molecule has 0 radical (unpaired) electrons. The Morgan fingerprint density at radius 3 is 2.47 bits per heavy atom. The summed E-state index contributed by atoms with van der Waals surface area (Å²) in [4.78, 5) is 13.5. The highest BCUT2D eigenvalue weighted by molar-refractivity contribution is 7.99. The van der Waals surface area contributed by atoms with Crippen molar-refractivity contribution in [1.82, 2.24) is 0 Å². The van der Waals surface area contributed by atoms with Crippen LogP contribution in [0.2, 0.25) is 0 Å². The van der Waals surface area contributed by atoms with Crippen LogP contribution < -0.4 is 5.73 Å². The number of aryl methyl sites for hydroxylation is 1. The van der Waals surface area contributed by atoms with Crippen LogP contribution in [0.25, 0.3) is 0 Å². The van der Waals surface area contributed by atoms with Gasteiger partial charge < -0.3 is 10.5 Å². The number of nitrogen functional groups attached to an aromatic ring is 1. The van der Waals surface area contributed by atoms with E-state index in [0.717, 1.165) is 9.79 Å². The number of methoxy groups -OCH3 is 1. The third-order valence-corrected chi connectivity index (χ3v) is 3.80. The van der Waals surface area contributed by atoms with Crippen LogP contribution in [-0.2, 0) is 4.74 Å². The van der Waals surface area contributed by atoms with Crippen molar-refractivity contribution in [2.45, 2.75) is 16.7 Å². The van der Waals surface area contributed by atoms with Gasteiger partial charge in [-0.1, -0.05) is 35.5 Å². The number of rotatable bonds is 3. The molecule has 4 heteroatoms. The van der Waals surface area contributed by atoms with Crippen LogP contribution in [0.5, 0.6) is 0 Å². The lowest BCUT2D eigenvalue weighted by atomic mass is 10.2. The molecule has 0 aliphatic carbocycles. The van der Waals surface area contributed by atoms with Crippen molar-refractivity contribution in [3.63, 3.8) is 0 Å². The predicted molar refractivity (Wildman–Crippen MR) is 77.5 cm³/mol. The first-order chi connectivity index (χ1) is 9.11. The fourth-order valence-corrected chi connectivity index (χ4v) is 2.55. The Kier molecular flexibility index (Phi) is 4.12. The van der Waals surface area contributed by atoms with Gasteiger partial charge in [-0.2, -0.15) is 0 Å². The Hall–Kier alpha value is -1.94. The molecule has 0 atom stereocenters. The highest BCUT2D eigenvalue weighted by Gasteiger charge is 2.13. The number of anilines is 1. The number of nitrogens with two attached hydrogens (primary N) is 1. The summed E-state index contributed by atoms with van der Waals surface area (Å²) in [5, 5.41) is 0. The first kappa shape index (κ1) is 13.5. The van der Waals surface area contributed by atoms with Gasteiger partial charge in [0, 0.05) is 9.79 Å². The molecule has 2 aromatic rings. The molecule has 2 N–H and O–H groups in total. The molecule has 2 rings (SSSR count). The van der Waals surface area contributed by atoms with E-state index in [9.17, 15) is 4.79 Å². The minimum atomic E-state index is -0.413. The average molecular weight is 273 g/mol. The molecule has 0 saturated heterocycles. The molecule has 3 nitrogen and oxygen atoms in total. The lowest BCUT2D eigenvalue weighted by Gasteiger charge is -2.09. The van der Waals surface area contributed by atoms with Gasteiger partial charge in [-0.15, -0.1) is 0 Å². The quantitative estimate of drug-likeness (QED) is 0.686. The van der Waals surface area contributed by atoms with Gasteiger partial charge in [0.05, 0.1) is 18.4 Å². The Morgan fingerprint density at radius 1 is 1.16 bits per heavy atom. The summed E-state index contributed by atoms with van der Waals surface area (Å²) in [6.07, 6.45) is 0. The van der Waals surface area contributed by atoms with Gasteiger partial charge in [-0.25, -0.2) is 4.79 Å². The van der Waals surface area contributed by atoms with E-state index in [1.54, 1.807) is 12.1 Å². The number of hydrogen-bond donors (Lipinski definition) is 1. The van der Waals surface area contributed by atoms with Crippen molar-refractivity contribution in [1.29, 1.82) is 0 Å². The monoisotopic (exact) mass is 273 g/mol. The van der Waals surface area contributed by atoms with E-state index in [-0.39, 0.29) is 0 Å². The fraction of sp³-hybridized carbons (Fsp3) is 0.133. The number of ether oxygens (including phenoxy) is 1. The number of hydrogen-bond acceptors (Lipinski definition) is 4. The summed E-state index contributed by atoms with van der Waals surface area (Å²) in [6, 6.07) is 13.5. The first-order valence-electron chi connectivity index (χ1n) is 5.83. The SMILES string of the molecule is COC(=O)c1cccc(Sc2ccc(C)cc2)c1N. The largest absolute Gasteiger partial charge is 0.465 e. The van der Waals surface area contributed by atoms with Crippen molar-refractivity contribution in [3.8, 4) is 0 Å². The van der Waals surface area contributed by atoms with E-state index in [0.29, 0.717) is 11.3 Å². The summed E-state index contributed by atoms with van der Waals surface area (Å²) in [6.45, 7) is 2.04. The van der Waals surface area contributed by atoms with Crippen LogP contribution >= 0.6 is 11.8 Å². The van der Waals surface area contributed by atoms with Crippen LogP contribution in [0.1, 0.15) is 15.9 Å². The molecule has 0 aromatic heterocycles. The lowest BCUT2D eigenvalue weighted by Crippen LogP contribution is -2.06. The van der Waals surface area contributed by atoms with Crippen molar-refractivity contribution in [3.05, 3.63) is 53.6 Å². The molecule has 0 aliphatic rings. The number of para-hydroxylation sites is 1. The molecular formula is C15H15NO2S. The van der Waals surface area contributed by atoms with E-state index in [4.69, 9.17) is 10.5 Å². The third-order valence-electron chi connectivity index (χ3n) is 2.72. The molecule has 0 spiro atoms. The van der Waals surface area contributed by atoms with E-state index in [1.165, 1.54) is 24.4 Å². The molecule has 0 heterocycles. The zero-order valence-corrected chi connectivity index (χ0v) is 11.7. The number of carbonyl (C=O) groups is 1. The number of esters is 1. The highest BCUT2D eigenvalue weighted by Crippen LogP contribution is 2.34. The van der Waals surface area contributed by atoms with Gasteiger partial charge >= 0.3 is 5.97 Å². The maximum Gasteiger partial charge on any atom is 0.339 e. The van der Waals surface area contributed by atoms with Crippen molar-refractivity contribution < 1.29 is 9.53 Å². The Labute approximate surface area is 116 Å². The molecule has 0 aliphatic heterocycles.